The normalized spacial score (nSPS) is 16.7. The molecule has 0 spiro atoms. The molecule has 2 amide bonds. The van der Waals surface area contributed by atoms with Crippen molar-refractivity contribution in [3.63, 3.8) is 0 Å². The summed E-state index contributed by atoms with van der Waals surface area (Å²) >= 11 is 6.31. The lowest BCUT2D eigenvalue weighted by molar-refractivity contribution is 0.207. The van der Waals surface area contributed by atoms with E-state index in [9.17, 15) is 13.2 Å². The van der Waals surface area contributed by atoms with E-state index in [0.717, 1.165) is 24.7 Å². The van der Waals surface area contributed by atoms with Gasteiger partial charge in [0.25, 0.3) is 0 Å². The van der Waals surface area contributed by atoms with Crippen LogP contribution in [0.3, 0.4) is 0 Å². The van der Waals surface area contributed by atoms with Crippen molar-refractivity contribution in [2.45, 2.75) is 18.9 Å². The molecule has 0 aromatic heterocycles. The Morgan fingerprint density at radius 1 is 1.25 bits per heavy atom. The zero-order valence-corrected chi connectivity index (χ0v) is 17.2. The third kappa shape index (κ3) is 4.69. The Morgan fingerprint density at radius 2 is 2.00 bits per heavy atom. The zero-order valence-electron chi connectivity index (χ0n) is 15.6. The van der Waals surface area contributed by atoms with Crippen LogP contribution in [0.5, 0.6) is 5.75 Å². The Morgan fingerprint density at radius 3 is 2.68 bits per heavy atom. The molecule has 1 fully saturated rings. The molecule has 9 heteroatoms. The Hall–Kier alpha value is -2.45. The maximum absolute atomic E-state index is 12.9. The molecule has 1 heterocycles. The van der Waals surface area contributed by atoms with E-state index < -0.39 is 10.0 Å². The molecule has 2 aromatic rings. The molecular formula is C19H22ClN3O4S. The lowest BCUT2D eigenvalue weighted by atomic mass is 10.0. The van der Waals surface area contributed by atoms with Crippen molar-refractivity contribution < 1.29 is 17.9 Å². The molecule has 3 rings (SSSR count). The van der Waals surface area contributed by atoms with Gasteiger partial charge >= 0.3 is 6.03 Å². The molecular weight excluding hydrogens is 402 g/mol. The Kier molecular flexibility index (Phi) is 6.00. The minimum atomic E-state index is -3.49. The summed E-state index contributed by atoms with van der Waals surface area (Å²) in [5, 5.41) is 3.47. The first kappa shape index (κ1) is 20.3. The van der Waals surface area contributed by atoms with E-state index in [1.54, 1.807) is 17.0 Å². The molecule has 0 aliphatic carbocycles. The first-order valence-corrected chi connectivity index (χ1v) is 11.0. The second-order valence-corrected chi connectivity index (χ2v) is 8.75. The number of methoxy groups -OCH3 is 1. The van der Waals surface area contributed by atoms with Gasteiger partial charge in [0.2, 0.25) is 10.0 Å². The van der Waals surface area contributed by atoms with Crippen LogP contribution in [-0.4, -0.2) is 39.3 Å². The second kappa shape index (κ2) is 8.28. The fraction of sp³-hybridized carbons (Fsp3) is 0.316. The fourth-order valence-electron chi connectivity index (χ4n) is 3.34. The largest absolute Gasteiger partial charge is 0.495 e. The predicted molar refractivity (Wildman–Crippen MR) is 111 cm³/mol. The number of halogens is 1. The lowest BCUT2D eigenvalue weighted by Gasteiger charge is -2.26. The Labute approximate surface area is 169 Å². The van der Waals surface area contributed by atoms with Crippen LogP contribution >= 0.6 is 11.6 Å². The molecule has 0 unspecified atom stereocenters. The number of carbonyl (C=O) groups is 1. The number of nitrogens with one attached hydrogen (secondary N) is 2. The number of hydrogen-bond donors (Lipinski definition) is 2. The number of rotatable bonds is 5. The van der Waals surface area contributed by atoms with E-state index >= 15 is 0 Å². The third-order valence-electron chi connectivity index (χ3n) is 4.52. The average Bonchev–Trinajstić information content (AvgIpc) is 3.10. The SMILES string of the molecule is COc1ccc(NC(=O)N2CCC[C@H]2c2ccccc2Cl)cc1NS(C)(=O)=O. The molecule has 28 heavy (non-hydrogen) atoms. The number of hydrogen-bond acceptors (Lipinski definition) is 4. The molecule has 2 aromatic carbocycles. The second-order valence-electron chi connectivity index (χ2n) is 6.59. The van der Waals surface area contributed by atoms with Gasteiger partial charge in [-0.05, 0) is 42.7 Å². The molecule has 1 aliphatic heterocycles. The van der Waals surface area contributed by atoms with Crippen LogP contribution in [0, 0.1) is 0 Å². The molecule has 150 valence electrons. The number of nitrogens with zero attached hydrogens (tertiary/aromatic N) is 1. The van der Waals surface area contributed by atoms with Gasteiger partial charge in [-0.1, -0.05) is 29.8 Å². The maximum atomic E-state index is 12.9. The van der Waals surface area contributed by atoms with Crippen LogP contribution in [0.15, 0.2) is 42.5 Å². The summed E-state index contributed by atoms with van der Waals surface area (Å²) in [5.41, 5.74) is 1.64. The van der Waals surface area contributed by atoms with Crippen LogP contribution in [0.2, 0.25) is 5.02 Å². The minimum absolute atomic E-state index is 0.0967. The number of sulfonamides is 1. The highest BCUT2D eigenvalue weighted by atomic mass is 35.5. The highest BCUT2D eigenvalue weighted by Crippen LogP contribution is 2.36. The number of carbonyl (C=O) groups excluding carboxylic acids is 1. The maximum Gasteiger partial charge on any atom is 0.322 e. The van der Waals surface area contributed by atoms with E-state index in [0.29, 0.717) is 23.0 Å². The first-order valence-electron chi connectivity index (χ1n) is 8.76. The summed E-state index contributed by atoms with van der Waals surface area (Å²) in [4.78, 5) is 14.6. The van der Waals surface area contributed by atoms with Gasteiger partial charge in [0, 0.05) is 17.3 Å². The average molecular weight is 424 g/mol. The summed E-state index contributed by atoms with van der Waals surface area (Å²) < 4.78 is 30.7. The van der Waals surface area contributed by atoms with Crippen molar-refractivity contribution in [3.8, 4) is 5.75 Å². The molecule has 2 N–H and O–H groups in total. The highest BCUT2D eigenvalue weighted by Gasteiger charge is 2.31. The fourth-order valence-corrected chi connectivity index (χ4v) is 4.16. The van der Waals surface area contributed by atoms with Crippen LogP contribution in [0.25, 0.3) is 0 Å². The predicted octanol–water partition coefficient (Wildman–Crippen LogP) is 4.09. The molecule has 0 saturated carbocycles. The summed E-state index contributed by atoms with van der Waals surface area (Å²) in [6.07, 6.45) is 2.77. The van der Waals surface area contributed by atoms with Crippen LogP contribution in [0.1, 0.15) is 24.4 Å². The van der Waals surface area contributed by atoms with Crippen LogP contribution in [-0.2, 0) is 10.0 Å². The highest BCUT2D eigenvalue weighted by molar-refractivity contribution is 7.92. The summed E-state index contributed by atoms with van der Waals surface area (Å²) in [5.74, 6) is 0.360. The zero-order chi connectivity index (χ0) is 20.3. The topological polar surface area (TPSA) is 87.7 Å². The number of ether oxygens (including phenoxy) is 1. The first-order chi connectivity index (χ1) is 13.3. The van der Waals surface area contributed by atoms with Crippen molar-refractivity contribution in [1.29, 1.82) is 0 Å². The molecule has 1 aliphatic rings. The van der Waals surface area contributed by atoms with E-state index in [-0.39, 0.29) is 17.8 Å². The third-order valence-corrected chi connectivity index (χ3v) is 5.46. The number of benzene rings is 2. The van der Waals surface area contributed by atoms with Crippen molar-refractivity contribution in [3.05, 3.63) is 53.1 Å². The summed E-state index contributed by atoms with van der Waals surface area (Å²) in [6.45, 7) is 0.617. The van der Waals surface area contributed by atoms with Gasteiger partial charge in [0.15, 0.2) is 0 Å². The van der Waals surface area contributed by atoms with Crippen molar-refractivity contribution in [2.75, 3.05) is 29.9 Å². The quantitative estimate of drug-likeness (QED) is 0.758. The van der Waals surface area contributed by atoms with Gasteiger partial charge in [-0.2, -0.15) is 0 Å². The number of urea groups is 1. The molecule has 1 saturated heterocycles. The van der Waals surface area contributed by atoms with Gasteiger partial charge in [0.05, 0.1) is 25.1 Å². The molecule has 0 bridgehead atoms. The van der Waals surface area contributed by atoms with Crippen LogP contribution < -0.4 is 14.8 Å². The Balaban J connectivity index is 1.80. The summed E-state index contributed by atoms with van der Waals surface area (Å²) in [7, 11) is -2.04. The van der Waals surface area contributed by atoms with E-state index in [2.05, 4.69) is 10.0 Å². The minimum Gasteiger partial charge on any atom is -0.495 e. The smallest absolute Gasteiger partial charge is 0.322 e. The van der Waals surface area contributed by atoms with Gasteiger partial charge < -0.3 is 15.0 Å². The van der Waals surface area contributed by atoms with E-state index in [1.807, 2.05) is 24.3 Å². The molecule has 7 nitrogen and oxygen atoms in total. The van der Waals surface area contributed by atoms with Gasteiger partial charge in [-0.15, -0.1) is 0 Å². The van der Waals surface area contributed by atoms with E-state index in [4.69, 9.17) is 16.3 Å². The van der Waals surface area contributed by atoms with Gasteiger partial charge in [-0.25, -0.2) is 13.2 Å². The number of amides is 2. The van der Waals surface area contributed by atoms with Gasteiger partial charge in [-0.3, -0.25) is 4.72 Å². The van der Waals surface area contributed by atoms with Crippen molar-refractivity contribution in [2.24, 2.45) is 0 Å². The summed E-state index contributed by atoms with van der Waals surface area (Å²) in [6, 6.07) is 11.9. The molecule has 0 radical (unpaired) electrons. The van der Waals surface area contributed by atoms with Crippen molar-refractivity contribution >= 4 is 39.0 Å². The standard InChI is InChI=1S/C19H22ClN3O4S/c1-27-18-10-9-13(12-16(18)22-28(2,25)26)21-19(24)23-11-5-8-17(23)14-6-3-4-7-15(14)20/h3-4,6-7,9-10,12,17,22H,5,8,11H2,1-2H3,(H,21,24)/t17-/m0/s1. The molecule has 1 atom stereocenters. The van der Waals surface area contributed by atoms with Gasteiger partial charge in [0.1, 0.15) is 5.75 Å². The van der Waals surface area contributed by atoms with E-state index in [1.165, 1.54) is 13.2 Å². The van der Waals surface area contributed by atoms with Crippen molar-refractivity contribution in [1.82, 2.24) is 4.90 Å². The van der Waals surface area contributed by atoms with Crippen LogP contribution in [0.4, 0.5) is 16.2 Å². The monoisotopic (exact) mass is 423 g/mol. The lowest BCUT2D eigenvalue weighted by Crippen LogP contribution is -2.34. The number of likely N-dealkylation sites (tertiary alicyclic amines) is 1. The number of anilines is 2. The Bertz CT molecular complexity index is 981.